The zero-order valence-corrected chi connectivity index (χ0v) is 10.1. The number of hydrogen-bond acceptors (Lipinski definition) is 4. The quantitative estimate of drug-likeness (QED) is 0.840. The van der Waals surface area contributed by atoms with Gasteiger partial charge in [-0.25, -0.2) is 14.8 Å². The molecule has 1 aliphatic rings. The summed E-state index contributed by atoms with van der Waals surface area (Å²) in [6, 6.07) is 0. The van der Waals surface area contributed by atoms with Gasteiger partial charge in [-0.2, -0.15) is 0 Å². The Bertz CT molecular complexity index is 444. The van der Waals surface area contributed by atoms with Crippen molar-refractivity contribution in [1.82, 2.24) is 9.97 Å². The molecule has 0 saturated heterocycles. The number of carboxylic acid groups (broad SMARTS) is 1. The standard InChI is InChI=1S/C12H16N2O3/c1-7(2)11-13-9-4-6-17-5-3-8(9)10(14-11)12(15)16/h7H,3-6H2,1-2H3,(H,15,16). The maximum Gasteiger partial charge on any atom is 0.354 e. The zero-order chi connectivity index (χ0) is 12.4. The van der Waals surface area contributed by atoms with E-state index in [0.29, 0.717) is 31.9 Å². The van der Waals surface area contributed by atoms with Crippen LogP contribution in [0.5, 0.6) is 0 Å². The van der Waals surface area contributed by atoms with E-state index in [1.54, 1.807) is 0 Å². The van der Waals surface area contributed by atoms with Crippen molar-refractivity contribution in [2.45, 2.75) is 32.6 Å². The van der Waals surface area contributed by atoms with Crippen LogP contribution >= 0.6 is 0 Å². The second-order valence-electron chi connectivity index (χ2n) is 4.43. The van der Waals surface area contributed by atoms with Crippen molar-refractivity contribution in [3.05, 3.63) is 22.8 Å². The first-order valence-corrected chi connectivity index (χ1v) is 5.80. The molecule has 2 rings (SSSR count). The summed E-state index contributed by atoms with van der Waals surface area (Å²) in [5.41, 5.74) is 1.71. The maximum absolute atomic E-state index is 11.2. The average Bonchev–Trinajstić information content (AvgIpc) is 2.51. The smallest absolute Gasteiger partial charge is 0.354 e. The molecule has 0 saturated carbocycles. The Labute approximate surface area is 99.9 Å². The molecule has 0 aromatic carbocycles. The van der Waals surface area contributed by atoms with Gasteiger partial charge in [0, 0.05) is 17.9 Å². The van der Waals surface area contributed by atoms with Crippen molar-refractivity contribution in [1.29, 1.82) is 0 Å². The normalized spacial score (nSPS) is 15.5. The summed E-state index contributed by atoms with van der Waals surface area (Å²) in [4.78, 5) is 19.9. The van der Waals surface area contributed by atoms with Crippen LogP contribution in [-0.2, 0) is 17.6 Å². The molecule has 5 heteroatoms. The van der Waals surface area contributed by atoms with Gasteiger partial charge in [0.05, 0.1) is 18.9 Å². The number of fused-ring (bicyclic) bond motifs is 1. The van der Waals surface area contributed by atoms with Crippen molar-refractivity contribution >= 4 is 5.97 Å². The summed E-state index contributed by atoms with van der Waals surface area (Å²) >= 11 is 0. The lowest BCUT2D eigenvalue weighted by molar-refractivity contribution is 0.0688. The predicted molar refractivity (Wildman–Crippen MR) is 61.3 cm³/mol. The van der Waals surface area contributed by atoms with E-state index < -0.39 is 5.97 Å². The van der Waals surface area contributed by atoms with Crippen LogP contribution in [0.4, 0.5) is 0 Å². The number of nitrogens with zero attached hydrogens (tertiary/aromatic N) is 2. The Morgan fingerprint density at radius 2 is 2.00 bits per heavy atom. The topological polar surface area (TPSA) is 72.3 Å². The van der Waals surface area contributed by atoms with Crippen LogP contribution in [0.15, 0.2) is 0 Å². The largest absolute Gasteiger partial charge is 0.477 e. The van der Waals surface area contributed by atoms with E-state index in [1.807, 2.05) is 13.8 Å². The molecular weight excluding hydrogens is 220 g/mol. The number of carboxylic acids is 1. The minimum atomic E-state index is -0.979. The first-order chi connectivity index (χ1) is 8.09. The highest BCUT2D eigenvalue weighted by Gasteiger charge is 2.21. The predicted octanol–water partition coefficient (Wildman–Crippen LogP) is 1.41. The molecule has 1 aromatic heterocycles. The summed E-state index contributed by atoms with van der Waals surface area (Å²) in [6.45, 7) is 5.05. The fraction of sp³-hybridized carbons (Fsp3) is 0.583. The Morgan fingerprint density at radius 3 is 2.65 bits per heavy atom. The molecule has 0 amide bonds. The van der Waals surface area contributed by atoms with E-state index in [4.69, 9.17) is 4.74 Å². The molecule has 2 heterocycles. The molecule has 92 valence electrons. The minimum Gasteiger partial charge on any atom is -0.477 e. The molecule has 0 bridgehead atoms. The number of hydrogen-bond donors (Lipinski definition) is 1. The molecule has 0 radical (unpaired) electrons. The third-order valence-electron chi connectivity index (χ3n) is 2.81. The maximum atomic E-state index is 11.2. The number of aromatic nitrogens is 2. The molecule has 1 aromatic rings. The third-order valence-corrected chi connectivity index (χ3v) is 2.81. The lowest BCUT2D eigenvalue weighted by Gasteiger charge is -2.11. The van der Waals surface area contributed by atoms with Gasteiger partial charge in [-0.3, -0.25) is 0 Å². The van der Waals surface area contributed by atoms with E-state index in [2.05, 4.69) is 9.97 Å². The molecular formula is C12H16N2O3. The first-order valence-electron chi connectivity index (χ1n) is 5.80. The highest BCUT2D eigenvalue weighted by molar-refractivity contribution is 5.87. The van der Waals surface area contributed by atoms with Gasteiger partial charge in [0.2, 0.25) is 0 Å². The average molecular weight is 236 g/mol. The summed E-state index contributed by atoms with van der Waals surface area (Å²) in [7, 11) is 0. The van der Waals surface area contributed by atoms with Gasteiger partial charge >= 0.3 is 5.97 Å². The van der Waals surface area contributed by atoms with Crippen LogP contribution in [-0.4, -0.2) is 34.3 Å². The fourth-order valence-electron chi connectivity index (χ4n) is 1.90. The van der Waals surface area contributed by atoms with Crippen molar-refractivity contribution < 1.29 is 14.6 Å². The molecule has 5 nitrogen and oxygen atoms in total. The van der Waals surface area contributed by atoms with E-state index in [-0.39, 0.29) is 11.6 Å². The fourth-order valence-corrected chi connectivity index (χ4v) is 1.90. The molecule has 0 atom stereocenters. The molecule has 0 fully saturated rings. The summed E-state index contributed by atoms with van der Waals surface area (Å²) in [6.07, 6.45) is 1.24. The second kappa shape index (κ2) is 4.79. The summed E-state index contributed by atoms with van der Waals surface area (Å²) in [5, 5.41) is 9.21. The molecule has 1 aliphatic heterocycles. The Hall–Kier alpha value is -1.49. The van der Waals surface area contributed by atoms with E-state index >= 15 is 0 Å². The molecule has 17 heavy (non-hydrogen) atoms. The van der Waals surface area contributed by atoms with E-state index in [9.17, 15) is 9.90 Å². The number of carbonyl (C=O) groups is 1. The van der Waals surface area contributed by atoms with Crippen LogP contribution in [0.2, 0.25) is 0 Å². The van der Waals surface area contributed by atoms with Crippen molar-refractivity contribution in [2.24, 2.45) is 0 Å². The van der Waals surface area contributed by atoms with Gasteiger partial charge in [-0.1, -0.05) is 13.8 Å². The van der Waals surface area contributed by atoms with E-state index in [0.717, 1.165) is 11.3 Å². The third kappa shape index (κ3) is 2.44. The lowest BCUT2D eigenvalue weighted by Crippen LogP contribution is -2.14. The van der Waals surface area contributed by atoms with Gasteiger partial charge in [-0.15, -0.1) is 0 Å². The SMILES string of the molecule is CC(C)c1nc2c(c(C(=O)O)n1)CCOCC2. The summed E-state index contributed by atoms with van der Waals surface area (Å²) in [5.74, 6) is -0.252. The second-order valence-corrected chi connectivity index (χ2v) is 4.43. The van der Waals surface area contributed by atoms with Gasteiger partial charge in [0.15, 0.2) is 5.69 Å². The minimum absolute atomic E-state index is 0.127. The van der Waals surface area contributed by atoms with Crippen LogP contribution < -0.4 is 0 Å². The summed E-state index contributed by atoms with van der Waals surface area (Å²) < 4.78 is 5.35. The Balaban J connectivity index is 2.55. The van der Waals surface area contributed by atoms with Crippen LogP contribution in [0, 0.1) is 0 Å². The monoisotopic (exact) mass is 236 g/mol. The van der Waals surface area contributed by atoms with Gasteiger partial charge < -0.3 is 9.84 Å². The number of ether oxygens (including phenoxy) is 1. The highest BCUT2D eigenvalue weighted by Crippen LogP contribution is 2.19. The van der Waals surface area contributed by atoms with Gasteiger partial charge in [0.1, 0.15) is 5.82 Å². The molecule has 0 spiro atoms. The first kappa shape index (κ1) is 12.0. The van der Waals surface area contributed by atoms with Crippen LogP contribution in [0.3, 0.4) is 0 Å². The number of rotatable bonds is 2. The molecule has 0 aliphatic carbocycles. The van der Waals surface area contributed by atoms with Gasteiger partial charge in [-0.05, 0) is 6.42 Å². The van der Waals surface area contributed by atoms with E-state index in [1.165, 1.54) is 0 Å². The Morgan fingerprint density at radius 1 is 1.29 bits per heavy atom. The Kier molecular flexibility index (Phi) is 3.38. The van der Waals surface area contributed by atoms with Gasteiger partial charge in [0.25, 0.3) is 0 Å². The molecule has 0 unspecified atom stereocenters. The highest BCUT2D eigenvalue weighted by atomic mass is 16.5. The van der Waals surface area contributed by atoms with Crippen molar-refractivity contribution in [3.8, 4) is 0 Å². The van der Waals surface area contributed by atoms with Crippen LogP contribution in [0.25, 0.3) is 0 Å². The van der Waals surface area contributed by atoms with Crippen molar-refractivity contribution in [2.75, 3.05) is 13.2 Å². The zero-order valence-electron chi connectivity index (χ0n) is 10.1. The lowest BCUT2D eigenvalue weighted by atomic mass is 10.1. The molecule has 1 N–H and O–H groups in total. The van der Waals surface area contributed by atoms with Crippen LogP contribution in [0.1, 0.15) is 47.3 Å². The number of aromatic carboxylic acids is 1. The van der Waals surface area contributed by atoms with Crippen molar-refractivity contribution in [3.63, 3.8) is 0 Å².